The van der Waals surface area contributed by atoms with E-state index in [1.807, 2.05) is 24.3 Å². The molecule has 0 radical (unpaired) electrons. The Labute approximate surface area is 121 Å². The van der Waals surface area contributed by atoms with Gasteiger partial charge in [-0.15, -0.1) is 0 Å². The number of hydrogen-bond acceptors (Lipinski definition) is 4. The number of hydroxylamine groups is 2. The predicted molar refractivity (Wildman–Crippen MR) is 74.1 cm³/mol. The molecule has 7 heteroatoms. The lowest BCUT2D eigenvalue weighted by atomic mass is 10.0. The van der Waals surface area contributed by atoms with Gasteiger partial charge in [-0.3, -0.25) is 5.43 Å². The number of carboxylic acids is 1. The van der Waals surface area contributed by atoms with E-state index in [-0.39, 0.29) is 6.04 Å². The van der Waals surface area contributed by atoms with Crippen molar-refractivity contribution in [3.8, 4) is 0 Å². The molecule has 2 bridgehead atoms. The lowest BCUT2D eigenvalue weighted by Gasteiger charge is -2.26. The van der Waals surface area contributed by atoms with Gasteiger partial charge in [0.25, 0.3) is 0 Å². The van der Waals surface area contributed by atoms with E-state index in [0.29, 0.717) is 6.54 Å². The van der Waals surface area contributed by atoms with Crippen LogP contribution in [0.4, 0.5) is 10.5 Å². The Hall–Kier alpha value is -2.54. The first-order valence-electron chi connectivity index (χ1n) is 6.60. The summed E-state index contributed by atoms with van der Waals surface area (Å²) in [7, 11) is 0. The molecular weight excluding hydrogens is 274 g/mol. The number of anilines is 1. The van der Waals surface area contributed by atoms with Gasteiger partial charge in [0.1, 0.15) is 6.04 Å². The maximum atomic E-state index is 12.3. The summed E-state index contributed by atoms with van der Waals surface area (Å²) >= 11 is 0. The molecule has 0 spiro atoms. The van der Waals surface area contributed by atoms with Gasteiger partial charge >= 0.3 is 12.0 Å². The molecule has 1 saturated heterocycles. The minimum absolute atomic E-state index is 0.318. The molecule has 2 unspecified atom stereocenters. The zero-order chi connectivity index (χ0) is 15.0. The highest BCUT2D eigenvalue weighted by Crippen LogP contribution is 2.38. The Morgan fingerprint density at radius 3 is 3.00 bits per heavy atom. The maximum Gasteiger partial charge on any atom is 0.363 e. The average molecular weight is 289 g/mol. The summed E-state index contributed by atoms with van der Waals surface area (Å²) in [5.74, 6) is -1.14. The van der Waals surface area contributed by atoms with Crippen molar-refractivity contribution < 1.29 is 19.5 Å². The van der Waals surface area contributed by atoms with Crippen LogP contribution in [-0.4, -0.2) is 39.8 Å². The molecule has 2 aliphatic rings. The summed E-state index contributed by atoms with van der Waals surface area (Å²) in [6, 6.07) is 6.79. The van der Waals surface area contributed by atoms with Crippen molar-refractivity contribution >= 4 is 17.7 Å². The van der Waals surface area contributed by atoms with Crippen molar-refractivity contribution in [1.29, 1.82) is 0 Å². The van der Waals surface area contributed by atoms with Gasteiger partial charge in [0.15, 0.2) is 0 Å². The second-order valence-corrected chi connectivity index (χ2v) is 4.82. The second-order valence-electron chi connectivity index (χ2n) is 4.82. The predicted octanol–water partition coefficient (Wildman–Crippen LogP) is 1.77. The number of aliphatic carboxylic acids is 1. The summed E-state index contributed by atoms with van der Waals surface area (Å²) < 4.78 is 0. The van der Waals surface area contributed by atoms with Crippen LogP contribution in [0.2, 0.25) is 0 Å². The lowest BCUT2D eigenvalue weighted by molar-refractivity contribution is -0.184. The number of rotatable bonds is 4. The largest absolute Gasteiger partial charge is 0.479 e. The van der Waals surface area contributed by atoms with Crippen LogP contribution >= 0.6 is 0 Å². The van der Waals surface area contributed by atoms with Gasteiger partial charge < -0.3 is 5.11 Å². The molecule has 2 N–H and O–H groups in total. The monoisotopic (exact) mass is 289 g/mol. The van der Waals surface area contributed by atoms with Crippen LogP contribution in [0, 0.1) is 0 Å². The minimum atomic E-state index is -1.19. The molecule has 3 rings (SSSR count). The number of fused-ring (bicyclic) bond motifs is 4. The fraction of sp³-hybridized carbons (Fsp3) is 0.286. The standard InChI is InChI=1S/C14H15N3O4/c1-2-5-12(13(18)19)21-17-11-8-16(14(17)20)15-10-7-4-3-6-9(10)11/h2-7,11-12,15H,8H2,1H3,(H,18,19). The molecule has 110 valence electrons. The molecule has 2 amide bonds. The van der Waals surface area contributed by atoms with Crippen LogP contribution in [0.15, 0.2) is 36.4 Å². The van der Waals surface area contributed by atoms with E-state index in [0.717, 1.165) is 16.3 Å². The highest BCUT2D eigenvalue weighted by atomic mass is 16.7. The van der Waals surface area contributed by atoms with Crippen LogP contribution in [0.25, 0.3) is 0 Å². The topological polar surface area (TPSA) is 82.1 Å². The van der Waals surface area contributed by atoms with Crippen LogP contribution in [0.5, 0.6) is 0 Å². The molecule has 0 aliphatic carbocycles. The Morgan fingerprint density at radius 1 is 1.52 bits per heavy atom. The van der Waals surface area contributed by atoms with Gasteiger partial charge in [0.05, 0.1) is 12.2 Å². The Morgan fingerprint density at radius 2 is 2.29 bits per heavy atom. The van der Waals surface area contributed by atoms with Crippen LogP contribution in [0.3, 0.4) is 0 Å². The van der Waals surface area contributed by atoms with Crippen LogP contribution in [-0.2, 0) is 9.63 Å². The third-order valence-corrected chi connectivity index (χ3v) is 3.47. The first-order chi connectivity index (χ1) is 10.1. The number of allylic oxidation sites excluding steroid dienone is 1. The molecule has 1 aromatic carbocycles. The normalized spacial score (nSPS) is 21.4. The highest BCUT2D eigenvalue weighted by molar-refractivity contribution is 5.81. The number of carbonyl (C=O) groups is 2. The molecule has 2 aliphatic heterocycles. The van der Waals surface area contributed by atoms with E-state index in [1.165, 1.54) is 11.1 Å². The van der Waals surface area contributed by atoms with Gasteiger partial charge in [-0.25, -0.2) is 19.4 Å². The van der Waals surface area contributed by atoms with E-state index < -0.39 is 18.1 Å². The number of nitrogens with one attached hydrogen (secondary N) is 1. The first kappa shape index (κ1) is 13.4. The van der Waals surface area contributed by atoms with Crippen molar-refractivity contribution in [3.05, 3.63) is 42.0 Å². The Bertz CT molecular complexity index is 616. The van der Waals surface area contributed by atoms with Gasteiger partial charge in [-0.2, -0.15) is 5.06 Å². The van der Waals surface area contributed by atoms with Gasteiger partial charge in [-0.1, -0.05) is 24.3 Å². The zero-order valence-electron chi connectivity index (χ0n) is 11.4. The Kier molecular flexibility index (Phi) is 3.26. The van der Waals surface area contributed by atoms with Crippen molar-refractivity contribution in [2.45, 2.75) is 19.1 Å². The molecule has 1 fully saturated rings. The summed E-state index contributed by atoms with van der Waals surface area (Å²) in [6.07, 6.45) is 1.79. The van der Waals surface area contributed by atoms with E-state index in [4.69, 9.17) is 9.94 Å². The molecule has 2 atom stereocenters. The molecular formula is C14H15N3O4. The summed E-state index contributed by atoms with van der Waals surface area (Å²) in [5, 5.41) is 11.7. The van der Waals surface area contributed by atoms with Gasteiger partial charge in [0, 0.05) is 5.56 Å². The van der Waals surface area contributed by atoms with Crippen LogP contribution in [0.1, 0.15) is 18.5 Å². The van der Waals surface area contributed by atoms with Crippen molar-refractivity contribution in [2.24, 2.45) is 0 Å². The quantitative estimate of drug-likeness (QED) is 0.825. The average Bonchev–Trinajstić information content (AvgIpc) is 2.72. The minimum Gasteiger partial charge on any atom is -0.479 e. The molecule has 0 saturated carbocycles. The molecule has 21 heavy (non-hydrogen) atoms. The van der Waals surface area contributed by atoms with E-state index in [1.54, 1.807) is 13.0 Å². The number of amides is 2. The summed E-state index contributed by atoms with van der Waals surface area (Å²) in [4.78, 5) is 28.9. The van der Waals surface area contributed by atoms with E-state index >= 15 is 0 Å². The number of hydrazine groups is 1. The molecule has 0 aromatic heterocycles. The number of urea groups is 1. The number of carbonyl (C=O) groups excluding carboxylic acids is 1. The third kappa shape index (κ3) is 2.21. The molecule has 7 nitrogen and oxygen atoms in total. The van der Waals surface area contributed by atoms with Crippen molar-refractivity contribution in [1.82, 2.24) is 10.1 Å². The highest BCUT2D eigenvalue weighted by Gasteiger charge is 2.45. The number of carboxylic acid groups (broad SMARTS) is 1. The number of benzene rings is 1. The molecule has 2 heterocycles. The zero-order valence-corrected chi connectivity index (χ0v) is 11.4. The van der Waals surface area contributed by atoms with Crippen molar-refractivity contribution in [2.75, 3.05) is 12.0 Å². The lowest BCUT2D eigenvalue weighted by Crippen LogP contribution is -2.38. The SMILES string of the molecule is CC=CC(ON1C(=O)N2CC1c1ccccc1N2)C(=O)O. The second kappa shape index (κ2) is 5.10. The first-order valence-corrected chi connectivity index (χ1v) is 6.60. The molecule has 1 aromatic rings. The number of nitrogens with zero attached hydrogens (tertiary/aromatic N) is 2. The summed E-state index contributed by atoms with van der Waals surface area (Å²) in [5.41, 5.74) is 4.73. The van der Waals surface area contributed by atoms with Gasteiger partial charge in [-0.05, 0) is 19.1 Å². The van der Waals surface area contributed by atoms with Crippen molar-refractivity contribution in [3.63, 3.8) is 0 Å². The fourth-order valence-electron chi connectivity index (χ4n) is 2.51. The maximum absolute atomic E-state index is 12.3. The number of para-hydroxylation sites is 1. The number of hydrogen-bond donors (Lipinski definition) is 2. The third-order valence-electron chi connectivity index (χ3n) is 3.47. The Balaban J connectivity index is 1.90. The van der Waals surface area contributed by atoms with E-state index in [2.05, 4.69) is 5.43 Å². The fourth-order valence-corrected chi connectivity index (χ4v) is 2.51. The van der Waals surface area contributed by atoms with Gasteiger partial charge in [0.2, 0.25) is 6.10 Å². The van der Waals surface area contributed by atoms with E-state index in [9.17, 15) is 9.59 Å². The smallest absolute Gasteiger partial charge is 0.363 e. The van der Waals surface area contributed by atoms with Crippen LogP contribution < -0.4 is 5.43 Å². The summed E-state index contributed by atoms with van der Waals surface area (Å²) in [6.45, 7) is 2.11.